The Kier molecular flexibility index (Phi) is 1.50. The fourth-order valence-electron chi connectivity index (χ4n) is 2.30. The molecule has 2 aliphatic rings. The fraction of sp³-hybridized carbons (Fsp3) is 1.00. The van der Waals surface area contributed by atoms with Gasteiger partial charge in [0, 0.05) is 6.54 Å². The Bertz CT molecular complexity index is 148. The van der Waals surface area contributed by atoms with Gasteiger partial charge in [-0.05, 0) is 43.5 Å². The van der Waals surface area contributed by atoms with Crippen LogP contribution in [0.5, 0.6) is 0 Å². The molecule has 1 spiro atoms. The Morgan fingerprint density at radius 2 is 2.50 bits per heavy atom. The minimum absolute atomic E-state index is 0.733. The molecule has 1 aliphatic carbocycles. The van der Waals surface area contributed by atoms with Gasteiger partial charge in [0.15, 0.2) is 0 Å². The summed E-state index contributed by atoms with van der Waals surface area (Å²) in [5.74, 6) is 2.05. The summed E-state index contributed by atoms with van der Waals surface area (Å²) in [6.45, 7) is 2.64. The minimum atomic E-state index is 0.733. The quantitative estimate of drug-likeness (QED) is 0.561. The maximum Gasteiger partial charge on any atom is 0.00385 e. The first-order valence-corrected chi connectivity index (χ1v) is 4.69. The van der Waals surface area contributed by atoms with Crippen molar-refractivity contribution in [3.8, 4) is 0 Å². The zero-order valence-electron chi connectivity index (χ0n) is 6.51. The fourth-order valence-corrected chi connectivity index (χ4v) is 2.82. The van der Waals surface area contributed by atoms with Crippen molar-refractivity contribution in [1.82, 2.24) is 4.90 Å². The standard InChI is InChI=1S/C8H15NS/c1-9-3-2-8(6-9)4-7(8)5-10/h7,10H,2-6H2,1H3. The molecule has 0 radical (unpaired) electrons. The molecule has 1 heterocycles. The van der Waals surface area contributed by atoms with Gasteiger partial charge in [0.2, 0.25) is 0 Å². The summed E-state index contributed by atoms with van der Waals surface area (Å²) in [6.07, 6.45) is 2.87. The second-order valence-corrected chi connectivity index (χ2v) is 4.30. The maximum absolute atomic E-state index is 4.34. The van der Waals surface area contributed by atoms with Crippen molar-refractivity contribution in [3.63, 3.8) is 0 Å². The Morgan fingerprint density at radius 1 is 1.70 bits per heavy atom. The summed E-state index contributed by atoms with van der Waals surface area (Å²) in [5, 5.41) is 0. The summed E-state index contributed by atoms with van der Waals surface area (Å²) in [6, 6.07) is 0. The monoisotopic (exact) mass is 157 g/mol. The van der Waals surface area contributed by atoms with Gasteiger partial charge in [0.1, 0.15) is 0 Å². The van der Waals surface area contributed by atoms with E-state index in [1.54, 1.807) is 0 Å². The van der Waals surface area contributed by atoms with E-state index in [0.29, 0.717) is 0 Å². The molecular weight excluding hydrogens is 142 g/mol. The van der Waals surface area contributed by atoms with Crippen LogP contribution in [-0.2, 0) is 0 Å². The highest BCUT2D eigenvalue weighted by Gasteiger charge is 2.55. The van der Waals surface area contributed by atoms with Crippen LogP contribution in [0.25, 0.3) is 0 Å². The highest BCUT2D eigenvalue weighted by Crippen LogP contribution is 2.58. The smallest absolute Gasteiger partial charge is 0.00385 e. The third kappa shape index (κ3) is 0.892. The second kappa shape index (κ2) is 2.15. The van der Waals surface area contributed by atoms with Crippen molar-refractivity contribution in [3.05, 3.63) is 0 Å². The van der Waals surface area contributed by atoms with Crippen LogP contribution < -0.4 is 0 Å². The van der Waals surface area contributed by atoms with Gasteiger partial charge in [0.25, 0.3) is 0 Å². The molecule has 1 saturated heterocycles. The molecule has 2 heteroatoms. The predicted molar refractivity (Wildman–Crippen MR) is 46.5 cm³/mol. The molecule has 0 aromatic heterocycles. The maximum atomic E-state index is 4.34. The Hall–Kier alpha value is 0.310. The van der Waals surface area contributed by atoms with E-state index >= 15 is 0 Å². The molecule has 2 unspecified atom stereocenters. The van der Waals surface area contributed by atoms with Gasteiger partial charge in [-0.1, -0.05) is 0 Å². The number of hydrogen-bond donors (Lipinski definition) is 1. The lowest BCUT2D eigenvalue weighted by atomic mass is 10.0. The number of likely N-dealkylation sites (tertiary alicyclic amines) is 1. The zero-order valence-corrected chi connectivity index (χ0v) is 7.40. The lowest BCUT2D eigenvalue weighted by Crippen LogP contribution is -2.15. The Balaban J connectivity index is 1.96. The first-order valence-electron chi connectivity index (χ1n) is 4.06. The van der Waals surface area contributed by atoms with Crippen LogP contribution in [-0.4, -0.2) is 30.8 Å². The summed E-state index contributed by atoms with van der Waals surface area (Å²) in [7, 11) is 2.22. The molecule has 2 rings (SSSR count). The molecule has 1 nitrogen and oxygen atoms in total. The van der Waals surface area contributed by atoms with E-state index in [1.807, 2.05) is 0 Å². The average Bonchev–Trinajstić information content (AvgIpc) is 2.46. The second-order valence-electron chi connectivity index (χ2n) is 3.93. The summed E-state index contributed by atoms with van der Waals surface area (Å²) >= 11 is 4.34. The highest BCUT2D eigenvalue weighted by atomic mass is 32.1. The van der Waals surface area contributed by atoms with E-state index in [2.05, 4.69) is 24.6 Å². The van der Waals surface area contributed by atoms with E-state index in [9.17, 15) is 0 Å². The summed E-state index contributed by atoms with van der Waals surface area (Å²) < 4.78 is 0. The Labute approximate surface area is 68.2 Å². The summed E-state index contributed by atoms with van der Waals surface area (Å²) in [5.41, 5.74) is 0.733. The van der Waals surface area contributed by atoms with E-state index in [-0.39, 0.29) is 0 Å². The third-order valence-corrected chi connectivity index (χ3v) is 3.60. The van der Waals surface area contributed by atoms with Crippen LogP contribution in [0.1, 0.15) is 12.8 Å². The van der Waals surface area contributed by atoms with Gasteiger partial charge in [0.05, 0.1) is 0 Å². The van der Waals surface area contributed by atoms with Crippen LogP contribution in [0.15, 0.2) is 0 Å². The topological polar surface area (TPSA) is 3.24 Å². The van der Waals surface area contributed by atoms with Crippen molar-refractivity contribution in [2.24, 2.45) is 11.3 Å². The van der Waals surface area contributed by atoms with Crippen LogP contribution in [0.2, 0.25) is 0 Å². The molecule has 10 heavy (non-hydrogen) atoms. The van der Waals surface area contributed by atoms with Crippen LogP contribution in [0.3, 0.4) is 0 Å². The number of thiol groups is 1. The average molecular weight is 157 g/mol. The molecule has 0 aromatic rings. The Morgan fingerprint density at radius 3 is 2.90 bits per heavy atom. The van der Waals surface area contributed by atoms with E-state index in [1.165, 1.54) is 25.9 Å². The molecule has 1 aliphatic heterocycles. The van der Waals surface area contributed by atoms with Crippen molar-refractivity contribution in [1.29, 1.82) is 0 Å². The molecule has 0 aromatic carbocycles. The predicted octanol–water partition coefficient (Wildman–Crippen LogP) is 1.26. The SMILES string of the molecule is CN1CCC2(CC2CS)C1. The van der Waals surface area contributed by atoms with E-state index in [0.717, 1.165) is 17.1 Å². The molecule has 58 valence electrons. The minimum Gasteiger partial charge on any atom is -0.306 e. The third-order valence-electron chi connectivity index (χ3n) is 3.16. The van der Waals surface area contributed by atoms with Crippen LogP contribution in [0, 0.1) is 11.3 Å². The van der Waals surface area contributed by atoms with Crippen molar-refractivity contribution >= 4 is 12.6 Å². The lowest BCUT2D eigenvalue weighted by molar-refractivity contribution is 0.380. The molecule has 0 amide bonds. The molecule has 0 N–H and O–H groups in total. The lowest BCUT2D eigenvalue weighted by Gasteiger charge is -2.08. The molecule has 2 fully saturated rings. The van der Waals surface area contributed by atoms with Crippen molar-refractivity contribution < 1.29 is 0 Å². The van der Waals surface area contributed by atoms with E-state index < -0.39 is 0 Å². The van der Waals surface area contributed by atoms with Gasteiger partial charge < -0.3 is 4.90 Å². The number of hydrogen-bond acceptors (Lipinski definition) is 2. The van der Waals surface area contributed by atoms with Crippen LogP contribution in [0.4, 0.5) is 0 Å². The van der Waals surface area contributed by atoms with Crippen LogP contribution >= 0.6 is 12.6 Å². The molecular formula is C8H15NS. The van der Waals surface area contributed by atoms with Gasteiger partial charge in [-0.2, -0.15) is 12.6 Å². The first kappa shape index (κ1) is 6.99. The molecule has 0 bridgehead atoms. The summed E-state index contributed by atoms with van der Waals surface area (Å²) in [4.78, 5) is 2.45. The first-order chi connectivity index (χ1) is 4.77. The van der Waals surface area contributed by atoms with Gasteiger partial charge >= 0.3 is 0 Å². The van der Waals surface area contributed by atoms with Gasteiger partial charge in [-0.15, -0.1) is 0 Å². The van der Waals surface area contributed by atoms with Crippen molar-refractivity contribution in [2.75, 3.05) is 25.9 Å². The number of nitrogens with zero attached hydrogens (tertiary/aromatic N) is 1. The van der Waals surface area contributed by atoms with Gasteiger partial charge in [-0.3, -0.25) is 0 Å². The zero-order chi connectivity index (χ0) is 7.19. The molecule has 1 saturated carbocycles. The van der Waals surface area contributed by atoms with Crippen molar-refractivity contribution in [2.45, 2.75) is 12.8 Å². The number of rotatable bonds is 1. The van der Waals surface area contributed by atoms with Gasteiger partial charge in [-0.25, -0.2) is 0 Å². The highest BCUT2D eigenvalue weighted by molar-refractivity contribution is 7.80. The molecule has 2 atom stereocenters. The van der Waals surface area contributed by atoms with E-state index in [4.69, 9.17) is 0 Å². The normalized spacial score (nSPS) is 46.8. The largest absolute Gasteiger partial charge is 0.306 e.